The third-order valence-electron chi connectivity index (χ3n) is 2.92. The zero-order valence-electron chi connectivity index (χ0n) is 9.38. The standard InChI is InChI=1S/C11H18N2S2/c1-3-9-8(2)15-10(13-9)11(12)5-4-6-14-7-11/h3-7,12H2,1-2H3. The monoisotopic (exact) mass is 242 g/mol. The van der Waals surface area contributed by atoms with E-state index in [0.717, 1.165) is 23.6 Å². The van der Waals surface area contributed by atoms with Crippen LogP contribution in [0.2, 0.25) is 0 Å². The van der Waals surface area contributed by atoms with Gasteiger partial charge < -0.3 is 5.73 Å². The van der Waals surface area contributed by atoms with Gasteiger partial charge in [0, 0.05) is 10.6 Å². The molecule has 1 atom stereocenters. The number of thioether (sulfide) groups is 1. The molecule has 2 N–H and O–H groups in total. The fourth-order valence-electron chi connectivity index (χ4n) is 1.95. The van der Waals surface area contributed by atoms with E-state index in [9.17, 15) is 0 Å². The molecule has 2 nitrogen and oxygen atoms in total. The minimum atomic E-state index is -0.147. The number of rotatable bonds is 2. The maximum atomic E-state index is 6.44. The number of nitrogens with zero attached hydrogens (tertiary/aromatic N) is 1. The van der Waals surface area contributed by atoms with Crippen LogP contribution in [0.15, 0.2) is 0 Å². The van der Waals surface area contributed by atoms with Crippen molar-refractivity contribution in [3.05, 3.63) is 15.6 Å². The van der Waals surface area contributed by atoms with Gasteiger partial charge in [0.05, 0.1) is 11.2 Å². The van der Waals surface area contributed by atoms with Crippen LogP contribution in [-0.2, 0) is 12.0 Å². The highest BCUT2D eigenvalue weighted by Gasteiger charge is 2.33. The molecule has 1 saturated heterocycles. The van der Waals surface area contributed by atoms with Crippen molar-refractivity contribution >= 4 is 23.1 Å². The summed E-state index contributed by atoms with van der Waals surface area (Å²) >= 11 is 3.76. The topological polar surface area (TPSA) is 38.9 Å². The van der Waals surface area contributed by atoms with Gasteiger partial charge in [-0.15, -0.1) is 11.3 Å². The van der Waals surface area contributed by atoms with Crippen molar-refractivity contribution in [1.29, 1.82) is 0 Å². The van der Waals surface area contributed by atoms with E-state index in [1.807, 2.05) is 11.8 Å². The summed E-state index contributed by atoms with van der Waals surface area (Å²) in [5, 5.41) is 1.16. The second-order valence-electron chi connectivity index (χ2n) is 4.19. The van der Waals surface area contributed by atoms with Crippen molar-refractivity contribution < 1.29 is 0 Å². The van der Waals surface area contributed by atoms with Gasteiger partial charge in [0.15, 0.2) is 0 Å². The van der Waals surface area contributed by atoms with Crippen LogP contribution in [0.4, 0.5) is 0 Å². The van der Waals surface area contributed by atoms with E-state index in [1.54, 1.807) is 11.3 Å². The summed E-state index contributed by atoms with van der Waals surface area (Å²) in [6, 6.07) is 0. The van der Waals surface area contributed by atoms with Gasteiger partial charge in [0.2, 0.25) is 0 Å². The summed E-state index contributed by atoms with van der Waals surface area (Å²) in [6.07, 6.45) is 3.34. The predicted molar refractivity (Wildman–Crippen MR) is 68.7 cm³/mol. The first-order valence-electron chi connectivity index (χ1n) is 5.49. The third kappa shape index (κ3) is 2.22. The molecule has 1 fully saturated rings. The number of thiazole rings is 1. The smallest absolute Gasteiger partial charge is 0.114 e. The van der Waals surface area contributed by atoms with Gasteiger partial charge >= 0.3 is 0 Å². The highest BCUT2D eigenvalue weighted by molar-refractivity contribution is 7.99. The number of hydrogen-bond donors (Lipinski definition) is 1. The molecular weight excluding hydrogens is 224 g/mol. The Bertz CT molecular complexity index is 340. The quantitative estimate of drug-likeness (QED) is 0.866. The van der Waals surface area contributed by atoms with E-state index in [4.69, 9.17) is 10.7 Å². The lowest BCUT2D eigenvalue weighted by molar-refractivity contribution is 0.443. The molecule has 1 aromatic heterocycles. The van der Waals surface area contributed by atoms with Gasteiger partial charge in [-0.1, -0.05) is 6.92 Å². The molecule has 0 saturated carbocycles. The highest BCUT2D eigenvalue weighted by Crippen LogP contribution is 2.36. The minimum absolute atomic E-state index is 0.147. The van der Waals surface area contributed by atoms with E-state index < -0.39 is 0 Å². The molecule has 84 valence electrons. The van der Waals surface area contributed by atoms with Crippen LogP contribution in [0.25, 0.3) is 0 Å². The maximum absolute atomic E-state index is 6.44. The Balaban J connectivity index is 2.27. The summed E-state index contributed by atoms with van der Waals surface area (Å²) in [6.45, 7) is 4.31. The molecule has 1 aliphatic rings. The van der Waals surface area contributed by atoms with Crippen molar-refractivity contribution in [2.24, 2.45) is 5.73 Å². The molecule has 0 spiro atoms. The molecule has 15 heavy (non-hydrogen) atoms. The van der Waals surface area contributed by atoms with Crippen molar-refractivity contribution in [1.82, 2.24) is 4.98 Å². The summed E-state index contributed by atoms with van der Waals surface area (Å²) < 4.78 is 0. The van der Waals surface area contributed by atoms with Gasteiger partial charge in [-0.25, -0.2) is 4.98 Å². The fourth-order valence-corrected chi connectivity index (χ4v) is 4.31. The summed E-state index contributed by atoms with van der Waals surface area (Å²) in [7, 11) is 0. The van der Waals surface area contributed by atoms with Crippen LogP contribution in [0.1, 0.15) is 35.3 Å². The molecule has 2 heterocycles. The van der Waals surface area contributed by atoms with Crippen LogP contribution in [0, 0.1) is 6.92 Å². The van der Waals surface area contributed by atoms with Crippen molar-refractivity contribution in [3.8, 4) is 0 Å². The largest absolute Gasteiger partial charge is 0.319 e. The van der Waals surface area contributed by atoms with E-state index in [2.05, 4.69) is 13.8 Å². The lowest BCUT2D eigenvalue weighted by atomic mass is 9.98. The number of aryl methyl sites for hydroxylation is 2. The molecule has 1 unspecified atom stereocenters. The SMILES string of the molecule is CCc1nc(C2(N)CCCSC2)sc1C. The van der Waals surface area contributed by atoms with Crippen molar-refractivity contribution in [2.45, 2.75) is 38.6 Å². The lowest BCUT2D eigenvalue weighted by Gasteiger charge is -2.30. The predicted octanol–water partition coefficient (Wildman–Crippen LogP) is 2.69. The van der Waals surface area contributed by atoms with Gasteiger partial charge in [-0.05, 0) is 31.9 Å². The number of nitrogens with two attached hydrogens (primary N) is 1. The Kier molecular flexibility index (Phi) is 3.38. The van der Waals surface area contributed by atoms with E-state index >= 15 is 0 Å². The maximum Gasteiger partial charge on any atom is 0.114 e. The van der Waals surface area contributed by atoms with Crippen LogP contribution >= 0.6 is 23.1 Å². The molecular formula is C11H18N2S2. The summed E-state index contributed by atoms with van der Waals surface area (Å²) in [4.78, 5) is 6.04. The minimum Gasteiger partial charge on any atom is -0.319 e. The van der Waals surface area contributed by atoms with Crippen molar-refractivity contribution in [2.75, 3.05) is 11.5 Å². The average Bonchev–Trinajstić information content (AvgIpc) is 2.61. The Morgan fingerprint density at radius 2 is 2.33 bits per heavy atom. The average molecular weight is 242 g/mol. The molecule has 4 heteroatoms. The first-order chi connectivity index (χ1) is 7.15. The van der Waals surface area contributed by atoms with E-state index in [-0.39, 0.29) is 5.54 Å². The Morgan fingerprint density at radius 3 is 2.87 bits per heavy atom. The normalized spacial score (nSPS) is 26.9. The zero-order chi connectivity index (χ0) is 10.9. The molecule has 2 rings (SSSR count). The molecule has 0 aliphatic carbocycles. The molecule has 0 amide bonds. The molecule has 0 aromatic carbocycles. The Morgan fingerprint density at radius 1 is 1.53 bits per heavy atom. The van der Waals surface area contributed by atoms with Crippen LogP contribution in [-0.4, -0.2) is 16.5 Å². The second kappa shape index (κ2) is 4.44. The number of aromatic nitrogens is 1. The molecule has 0 radical (unpaired) electrons. The lowest BCUT2D eigenvalue weighted by Crippen LogP contribution is -2.41. The third-order valence-corrected chi connectivity index (χ3v) is 5.45. The van der Waals surface area contributed by atoms with E-state index in [0.29, 0.717) is 0 Å². The first-order valence-corrected chi connectivity index (χ1v) is 7.46. The van der Waals surface area contributed by atoms with Crippen molar-refractivity contribution in [3.63, 3.8) is 0 Å². The Labute approximate surface area is 99.7 Å². The van der Waals surface area contributed by atoms with Gasteiger partial charge in [0.1, 0.15) is 5.01 Å². The van der Waals surface area contributed by atoms with Gasteiger partial charge in [0.25, 0.3) is 0 Å². The Hall–Kier alpha value is -0.0600. The zero-order valence-corrected chi connectivity index (χ0v) is 11.0. The van der Waals surface area contributed by atoms with Gasteiger partial charge in [-0.2, -0.15) is 11.8 Å². The van der Waals surface area contributed by atoms with Crippen LogP contribution < -0.4 is 5.73 Å². The molecule has 1 aliphatic heterocycles. The summed E-state index contributed by atoms with van der Waals surface area (Å²) in [5.41, 5.74) is 7.53. The van der Waals surface area contributed by atoms with Crippen LogP contribution in [0.3, 0.4) is 0 Å². The van der Waals surface area contributed by atoms with Gasteiger partial charge in [-0.3, -0.25) is 0 Å². The first kappa shape index (κ1) is 11.4. The molecule has 0 bridgehead atoms. The van der Waals surface area contributed by atoms with Crippen LogP contribution in [0.5, 0.6) is 0 Å². The number of hydrogen-bond acceptors (Lipinski definition) is 4. The second-order valence-corrected chi connectivity index (χ2v) is 6.50. The fraction of sp³-hybridized carbons (Fsp3) is 0.727. The highest BCUT2D eigenvalue weighted by atomic mass is 32.2. The molecule has 1 aromatic rings. The summed E-state index contributed by atoms with van der Waals surface area (Å²) in [5.74, 6) is 2.28. The van der Waals surface area contributed by atoms with E-state index in [1.165, 1.54) is 22.7 Å².